The van der Waals surface area contributed by atoms with Crippen molar-refractivity contribution < 1.29 is 27.8 Å². The number of aromatic amines is 1. The molecule has 0 atom stereocenters. The third kappa shape index (κ3) is 5.24. The van der Waals surface area contributed by atoms with Crippen molar-refractivity contribution in [2.45, 2.75) is 39.8 Å². The summed E-state index contributed by atoms with van der Waals surface area (Å²) in [5, 5.41) is 9.27. The van der Waals surface area contributed by atoms with Crippen LogP contribution in [0.1, 0.15) is 44.9 Å². The summed E-state index contributed by atoms with van der Waals surface area (Å²) in [4.78, 5) is 25.9. The van der Waals surface area contributed by atoms with Gasteiger partial charge < -0.3 is 14.8 Å². The van der Waals surface area contributed by atoms with E-state index in [4.69, 9.17) is 4.74 Å². The van der Waals surface area contributed by atoms with E-state index in [0.29, 0.717) is 18.7 Å². The van der Waals surface area contributed by atoms with E-state index in [1.807, 2.05) is 13.0 Å². The molecule has 0 aromatic carbocycles. The minimum absolute atomic E-state index is 0.0207. The van der Waals surface area contributed by atoms with E-state index >= 15 is 0 Å². The van der Waals surface area contributed by atoms with E-state index in [-0.39, 0.29) is 18.1 Å². The van der Waals surface area contributed by atoms with E-state index in [2.05, 4.69) is 19.9 Å². The highest BCUT2D eigenvalue weighted by atomic mass is 19.4. The zero-order valence-corrected chi connectivity index (χ0v) is 17.8. The predicted octanol–water partition coefficient (Wildman–Crippen LogP) is 5.10. The lowest BCUT2D eigenvalue weighted by Crippen LogP contribution is -2.29. The van der Waals surface area contributed by atoms with Crippen molar-refractivity contribution in [3.8, 4) is 11.5 Å². The molecule has 2 aromatic rings. The van der Waals surface area contributed by atoms with Gasteiger partial charge in [-0.1, -0.05) is 19.1 Å². The molecule has 0 unspecified atom stereocenters. The quantitative estimate of drug-likeness (QED) is 0.614. The largest absolute Gasteiger partial charge is 0.481 e. The summed E-state index contributed by atoms with van der Waals surface area (Å²) < 4.78 is 44.0. The van der Waals surface area contributed by atoms with Crippen molar-refractivity contribution in [1.29, 1.82) is 0 Å². The van der Waals surface area contributed by atoms with Gasteiger partial charge in [-0.25, -0.2) is 9.98 Å². The summed E-state index contributed by atoms with van der Waals surface area (Å²) in [6.07, 6.45) is 2.56. The molecule has 0 saturated carbocycles. The molecule has 3 heterocycles. The van der Waals surface area contributed by atoms with Crippen LogP contribution < -0.4 is 0 Å². The topological polar surface area (TPSA) is 100 Å². The lowest BCUT2D eigenvalue weighted by molar-refractivity contribution is -0.149. The Kier molecular flexibility index (Phi) is 6.52. The third-order valence-corrected chi connectivity index (χ3v) is 4.99. The highest BCUT2D eigenvalue weighted by Gasteiger charge is 2.33. The Morgan fingerprint density at radius 3 is 2.53 bits per heavy atom. The number of aliphatic carboxylic acids is 1. The van der Waals surface area contributed by atoms with Crippen LogP contribution in [0.4, 0.5) is 13.2 Å². The van der Waals surface area contributed by atoms with Gasteiger partial charge >= 0.3 is 12.1 Å². The van der Waals surface area contributed by atoms with Crippen LogP contribution in [0.15, 0.2) is 47.1 Å². The number of pyridine rings is 1. The molecule has 0 fully saturated rings. The molecule has 0 spiro atoms. The number of allylic oxidation sites excluding steroid dienone is 3. The molecule has 2 N–H and O–H groups in total. The van der Waals surface area contributed by atoms with E-state index in [1.54, 1.807) is 32.2 Å². The Labute approximate surface area is 182 Å². The van der Waals surface area contributed by atoms with Crippen LogP contribution >= 0.6 is 0 Å². The number of aliphatic imine (C=N–C) groups is 1. The molecular formula is C22H23F3N4O3. The number of nitrogens with zero attached hydrogens (tertiary/aromatic N) is 3. The Morgan fingerprint density at radius 1 is 1.22 bits per heavy atom. The summed E-state index contributed by atoms with van der Waals surface area (Å²) in [5.74, 6) is -0.537. The molecule has 1 aliphatic heterocycles. The van der Waals surface area contributed by atoms with Gasteiger partial charge in [-0.2, -0.15) is 13.2 Å². The van der Waals surface area contributed by atoms with Crippen LogP contribution in [0.2, 0.25) is 0 Å². The molecule has 0 bridgehead atoms. The first-order chi connectivity index (χ1) is 15.0. The summed E-state index contributed by atoms with van der Waals surface area (Å²) >= 11 is 0. The van der Waals surface area contributed by atoms with E-state index in [1.165, 1.54) is 6.20 Å². The van der Waals surface area contributed by atoms with Gasteiger partial charge in [-0.15, -0.1) is 0 Å². The number of carbonyl (C=O) groups is 1. The van der Waals surface area contributed by atoms with Gasteiger partial charge in [0.1, 0.15) is 18.0 Å². The number of hydrogen-bond acceptors (Lipinski definition) is 5. The average molecular weight is 448 g/mol. The molecule has 0 aliphatic carbocycles. The van der Waals surface area contributed by atoms with Gasteiger partial charge in [0.15, 0.2) is 5.82 Å². The van der Waals surface area contributed by atoms with E-state index in [9.17, 15) is 23.1 Å². The number of ether oxygens (including phenoxy) is 1. The fraction of sp³-hybridized carbons (Fsp3) is 0.364. The Balaban J connectivity index is 1.76. The van der Waals surface area contributed by atoms with Gasteiger partial charge in [0.25, 0.3) is 0 Å². The van der Waals surface area contributed by atoms with Crippen molar-refractivity contribution in [2.24, 2.45) is 10.4 Å². The Bertz CT molecular complexity index is 1080. The fourth-order valence-electron chi connectivity index (χ4n) is 2.83. The molecule has 1 aliphatic rings. The first-order valence-electron chi connectivity index (χ1n) is 9.92. The third-order valence-electron chi connectivity index (χ3n) is 4.99. The number of carboxylic acids is 1. The molecule has 2 aromatic heterocycles. The number of halogens is 3. The van der Waals surface area contributed by atoms with Crippen molar-refractivity contribution in [3.05, 3.63) is 53.3 Å². The van der Waals surface area contributed by atoms with E-state index in [0.717, 1.165) is 22.9 Å². The summed E-state index contributed by atoms with van der Waals surface area (Å²) in [6, 6.07) is 3.30. The second-order valence-corrected chi connectivity index (χ2v) is 7.94. The minimum Gasteiger partial charge on any atom is -0.481 e. The van der Waals surface area contributed by atoms with Crippen LogP contribution in [-0.2, 0) is 15.7 Å². The van der Waals surface area contributed by atoms with Gasteiger partial charge in [0, 0.05) is 18.0 Å². The highest BCUT2D eigenvalue weighted by molar-refractivity contribution is 6.10. The number of aromatic nitrogens is 3. The molecule has 0 saturated heterocycles. The number of hydrogen-bond donors (Lipinski definition) is 2. The lowest BCUT2D eigenvalue weighted by Gasteiger charge is -2.20. The normalized spacial score (nSPS) is 14.9. The molecule has 32 heavy (non-hydrogen) atoms. The maximum absolute atomic E-state index is 12.8. The van der Waals surface area contributed by atoms with Gasteiger partial charge in [0.05, 0.1) is 11.6 Å². The van der Waals surface area contributed by atoms with Gasteiger partial charge in [-0.05, 0) is 43.9 Å². The molecule has 7 nitrogen and oxygen atoms in total. The van der Waals surface area contributed by atoms with Crippen molar-refractivity contribution >= 4 is 17.8 Å². The first-order valence-corrected chi connectivity index (χ1v) is 9.92. The number of nitrogens with one attached hydrogen (secondary N) is 1. The van der Waals surface area contributed by atoms with Gasteiger partial charge in [-0.3, -0.25) is 9.78 Å². The van der Waals surface area contributed by atoms with Crippen LogP contribution in [0.3, 0.4) is 0 Å². The fourth-order valence-corrected chi connectivity index (χ4v) is 2.83. The van der Waals surface area contributed by atoms with Crippen LogP contribution in [0.5, 0.6) is 0 Å². The SMILES string of the molecule is CCC1=C(OCC(C)(C)C(=O)O)N=CC(c2ccc(-c3ncc(C(F)(F)F)[nH]3)nc2)=CC1. The first kappa shape index (κ1) is 23.2. The van der Waals surface area contributed by atoms with E-state index < -0.39 is 23.3 Å². The number of rotatable bonds is 7. The zero-order chi connectivity index (χ0) is 23.5. The second kappa shape index (κ2) is 8.97. The minimum atomic E-state index is -4.50. The van der Waals surface area contributed by atoms with Crippen LogP contribution in [-0.4, -0.2) is 38.8 Å². The number of H-pyrrole nitrogens is 1. The van der Waals surface area contributed by atoms with Crippen molar-refractivity contribution in [3.63, 3.8) is 0 Å². The van der Waals surface area contributed by atoms with Crippen LogP contribution in [0, 0.1) is 5.41 Å². The highest BCUT2D eigenvalue weighted by Crippen LogP contribution is 2.30. The number of imidazole rings is 1. The molecule has 0 radical (unpaired) electrons. The van der Waals surface area contributed by atoms with Crippen molar-refractivity contribution in [1.82, 2.24) is 15.0 Å². The maximum atomic E-state index is 12.8. The zero-order valence-electron chi connectivity index (χ0n) is 17.8. The molecule has 3 rings (SSSR count). The monoisotopic (exact) mass is 448 g/mol. The molecule has 10 heteroatoms. The maximum Gasteiger partial charge on any atom is 0.432 e. The summed E-state index contributed by atoms with van der Waals surface area (Å²) in [6.45, 7) is 5.10. The van der Waals surface area contributed by atoms with Crippen LogP contribution in [0.25, 0.3) is 17.1 Å². The molecular weight excluding hydrogens is 425 g/mol. The Hall–Kier alpha value is -3.43. The number of alkyl halides is 3. The smallest absolute Gasteiger partial charge is 0.432 e. The Morgan fingerprint density at radius 2 is 1.97 bits per heavy atom. The van der Waals surface area contributed by atoms with Gasteiger partial charge in [0.2, 0.25) is 5.88 Å². The molecule has 170 valence electrons. The summed E-state index contributed by atoms with van der Waals surface area (Å²) in [7, 11) is 0. The predicted molar refractivity (Wildman–Crippen MR) is 113 cm³/mol. The standard InChI is InChI=1S/C22H23F3N4O3/c1-4-13-5-6-14(10-28-19(13)32-12-21(2,3)20(30)31)15-7-8-16(26-9-15)18-27-11-17(29-18)22(23,24)25/h6-11H,4-5,12H2,1-3H3,(H,27,29)(H,30,31). The summed E-state index contributed by atoms with van der Waals surface area (Å²) in [5.41, 5.74) is 0.708. The molecule has 0 amide bonds. The van der Waals surface area contributed by atoms with Crippen molar-refractivity contribution in [2.75, 3.05) is 6.61 Å². The number of carboxylic acid groups (broad SMARTS) is 1. The average Bonchev–Trinajstić information content (AvgIpc) is 3.15. The second-order valence-electron chi connectivity index (χ2n) is 7.94. The lowest BCUT2D eigenvalue weighted by atomic mass is 9.95.